The standard InChI is InChI=1S/C11H12O2S/c1-3-7-4-5-9(13-2)10-8(12)6-14-11(7)10/h4-6,12H,3H2,1-2H3. The summed E-state index contributed by atoms with van der Waals surface area (Å²) in [5, 5.41) is 12.3. The molecule has 2 rings (SSSR count). The lowest BCUT2D eigenvalue weighted by Gasteiger charge is -2.05. The molecule has 2 aromatic rings. The Balaban J connectivity index is 2.81. The summed E-state index contributed by atoms with van der Waals surface area (Å²) >= 11 is 1.56. The Morgan fingerprint density at radius 2 is 2.21 bits per heavy atom. The Hall–Kier alpha value is -1.22. The van der Waals surface area contributed by atoms with Gasteiger partial charge in [0.05, 0.1) is 12.5 Å². The molecular weight excluding hydrogens is 196 g/mol. The molecule has 0 bridgehead atoms. The van der Waals surface area contributed by atoms with Crippen molar-refractivity contribution in [3.05, 3.63) is 23.1 Å². The van der Waals surface area contributed by atoms with Gasteiger partial charge < -0.3 is 9.84 Å². The van der Waals surface area contributed by atoms with E-state index in [2.05, 4.69) is 13.0 Å². The average Bonchev–Trinajstić information content (AvgIpc) is 2.60. The van der Waals surface area contributed by atoms with E-state index in [0.717, 1.165) is 22.3 Å². The van der Waals surface area contributed by atoms with Crippen LogP contribution >= 0.6 is 11.3 Å². The first-order chi connectivity index (χ1) is 6.77. The van der Waals surface area contributed by atoms with E-state index >= 15 is 0 Å². The molecule has 74 valence electrons. The highest BCUT2D eigenvalue weighted by atomic mass is 32.1. The molecule has 0 aliphatic carbocycles. The summed E-state index contributed by atoms with van der Waals surface area (Å²) in [6.07, 6.45) is 0.973. The van der Waals surface area contributed by atoms with E-state index in [1.807, 2.05) is 6.07 Å². The molecule has 1 aromatic heterocycles. The van der Waals surface area contributed by atoms with E-state index in [4.69, 9.17) is 4.74 Å². The van der Waals surface area contributed by atoms with E-state index < -0.39 is 0 Å². The number of benzene rings is 1. The lowest BCUT2D eigenvalue weighted by atomic mass is 10.1. The molecular formula is C11H12O2S. The summed E-state index contributed by atoms with van der Waals surface area (Å²) in [5.41, 5.74) is 1.26. The fourth-order valence-corrected chi connectivity index (χ4v) is 2.64. The van der Waals surface area contributed by atoms with Crippen molar-refractivity contribution in [2.75, 3.05) is 7.11 Å². The zero-order chi connectivity index (χ0) is 10.1. The van der Waals surface area contributed by atoms with Crippen LogP contribution in [0, 0.1) is 0 Å². The van der Waals surface area contributed by atoms with E-state index in [9.17, 15) is 5.11 Å². The first-order valence-electron chi connectivity index (χ1n) is 4.54. The van der Waals surface area contributed by atoms with Crippen molar-refractivity contribution in [3.8, 4) is 11.5 Å². The first-order valence-corrected chi connectivity index (χ1v) is 5.42. The van der Waals surface area contributed by atoms with Crippen LogP contribution in [-0.2, 0) is 6.42 Å². The van der Waals surface area contributed by atoms with Crippen LogP contribution in [0.4, 0.5) is 0 Å². The van der Waals surface area contributed by atoms with Gasteiger partial charge in [-0.3, -0.25) is 0 Å². The summed E-state index contributed by atoms with van der Waals surface area (Å²) in [4.78, 5) is 0. The monoisotopic (exact) mass is 208 g/mol. The van der Waals surface area contributed by atoms with Crippen LogP contribution in [0.25, 0.3) is 10.1 Å². The summed E-state index contributed by atoms with van der Waals surface area (Å²) in [6, 6.07) is 3.96. The van der Waals surface area contributed by atoms with Gasteiger partial charge in [-0.25, -0.2) is 0 Å². The van der Waals surface area contributed by atoms with Crippen LogP contribution in [0.1, 0.15) is 12.5 Å². The number of fused-ring (bicyclic) bond motifs is 1. The third-order valence-corrected chi connectivity index (χ3v) is 3.39. The summed E-state index contributed by atoms with van der Waals surface area (Å²) in [6.45, 7) is 2.11. The number of aryl methyl sites for hydroxylation is 1. The van der Waals surface area contributed by atoms with Gasteiger partial charge in [0.1, 0.15) is 11.5 Å². The van der Waals surface area contributed by atoms with Crippen LogP contribution in [-0.4, -0.2) is 12.2 Å². The van der Waals surface area contributed by atoms with Gasteiger partial charge >= 0.3 is 0 Å². The highest BCUT2D eigenvalue weighted by molar-refractivity contribution is 7.17. The molecule has 0 radical (unpaired) electrons. The normalized spacial score (nSPS) is 10.7. The van der Waals surface area contributed by atoms with Gasteiger partial charge in [-0.05, 0) is 18.1 Å². The molecule has 0 spiro atoms. The van der Waals surface area contributed by atoms with Crippen molar-refractivity contribution in [1.29, 1.82) is 0 Å². The van der Waals surface area contributed by atoms with Crippen LogP contribution in [0.2, 0.25) is 0 Å². The lowest BCUT2D eigenvalue weighted by Crippen LogP contribution is -1.86. The van der Waals surface area contributed by atoms with E-state index in [0.29, 0.717) is 5.75 Å². The van der Waals surface area contributed by atoms with Crippen molar-refractivity contribution >= 4 is 21.4 Å². The Labute approximate surface area is 86.8 Å². The summed E-state index contributed by atoms with van der Waals surface area (Å²) < 4.78 is 6.34. The van der Waals surface area contributed by atoms with Gasteiger partial charge in [0, 0.05) is 10.1 Å². The Morgan fingerprint density at radius 1 is 1.43 bits per heavy atom. The quantitative estimate of drug-likeness (QED) is 0.821. The largest absolute Gasteiger partial charge is 0.506 e. The minimum atomic E-state index is 0.317. The summed E-state index contributed by atoms with van der Waals surface area (Å²) in [7, 11) is 1.62. The highest BCUT2D eigenvalue weighted by Gasteiger charge is 2.11. The lowest BCUT2D eigenvalue weighted by molar-refractivity contribution is 0.416. The molecule has 1 N–H and O–H groups in total. The Morgan fingerprint density at radius 3 is 2.86 bits per heavy atom. The zero-order valence-electron chi connectivity index (χ0n) is 8.20. The molecule has 0 saturated carbocycles. The van der Waals surface area contributed by atoms with Crippen molar-refractivity contribution in [3.63, 3.8) is 0 Å². The van der Waals surface area contributed by atoms with Crippen molar-refractivity contribution in [1.82, 2.24) is 0 Å². The number of hydrogen-bond acceptors (Lipinski definition) is 3. The maximum Gasteiger partial charge on any atom is 0.137 e. The predicted molar refractivity (Wildman–Crippen MR) is 59.4 cm³/mol. The minimum absolute atomic E-state index is 0.317. The molecule has 0 amide bonds. The minimum Gasteiger partial charge on any atom is -0.506 e. The van der Waals surface area contributed by atoms with Gasteiger partial charge in [0.25, 0.3) is 0 Å². The third kappa shape index (κ3) is 1.24. The molecule has 0 saturated heterocycles. The molecule has 0 fully saturated rings. The molecule has 2 nitrogen and oxygen atoms in total. The second-order valence-electron chi connectivity index (χ2n) is 3.11. The fraction of sp³-hybridized carbons (Fsp3) is 0.273. The Kier molecular flexibility index (Phi) is 2.33. The zero-order valence-corrected chi connectivity index (χ0v) is 9.02. The number of rotatable bonds is 2. The van der Waals surface area contributed by atoms with E-state index in [-0.39, 0.29) is 0 Å². The first kappa shape index (κ1) is 9.34. The number of ether oxygens (including phenoxy) is 1. The van der Waals surface area contributed by atoms with Crippen molar-refractivity contribution < 1.29 is 9.84 Å². The third-order valence-electron chi connectivity index (χ3n) is 2.35. The maximum absolute atomic E-state index is 9.67. The molecule has 1 heterocycles. The van der Waals surface area contributed by atoms with Crippen LogP contribution in [0.15, 0.2) is 17.5 Å². The van der Waals surface area contributed by atoms with Gasteiger partial charge in [0.2, 0.25) is 0 Å². The molecule has 3 heteroatoms. The molecule has 0 aliphatic rings. The SMILES string of the molecule is CCc1ccc(OC)c2c(O)csc12. The number of hydrogen-bond donors (Lipinski definition) is 1. The number of methoxy groups -OCH3 is 1. The van der Waals surface area contributed by atoms with Gasteiger partial charge in [0.15, 0.2) is 0 Å². The van der Waals surface area contributed by atoms with Gasteiger partial charge in [-0.2, -0.15) is 0 Å². The highest BCUT2D eigenvalue weighted by Crippen LogP contribution is 2.40. The average molecular weight is 208 g/mol. The van der Waals surface area contributed by atoms with Crippen LogP contribution < -0.4 is 4.74 Å². The van der Waals surface area contributed by atoms with E-state index in [1.165, 1.54) is 5.56 Å². The molecule has 14 heavy (non-hydrogen) atoms. The maximum atomic E-state index is 9.67. The number of thiophene rings is 1. The smallest absolute Gasteiger partial charge is 0.137 e. The topological polar surface area (TPSA) is 29.5 Å². The molecule has 1 aromatic carbocycles. The second kappa shape index (κ2) is 3.50. The molecule has 0 unspecified atom stereocenters. The van der Waals surface area contributed by atoms with E-state index in [1.54, 1.807) is 23.8 Å². The molecule has 0 aliphatic heterocycles. The van der Waals surface area contributed by atoms with Crippen molar-refractivity contribution in [2.24, 2.45) is 0 Å². The predicted octanol–water partition coefficient (Wildman–Crippen LogP) is 3.18. The molecule has 0 atom stereocenters. The van der Waals surface area contributed by atoms with Crippen LogP contribution in [0.5, 0.6) is 11.5 Å². The fourth-order valence-electron chi connectivity index (χ4n) is 1.61. The van der Waals surface area contributed by atoms with Gasteiger partial charge in [-0.1, -0.05) is 13.0 Å². The van der Waals surface area contributed by atoms with Crippen LogP contribution in [0.3, 0.4) is 0 Å². The number of aromatic hydroxyl groups is 1. The second-order valence-corrected chi connectivity index (χ2v) is 3.99. The van der Waals surface area contributed by atoms with Gasteiger partial charge in [-0.15, -0.1) is 11.3 Å². The summed E-state index contributed by atoms with van der Waals surface area (Å²) in [5.74, 6) is 1.06. The van der Waals surface area contributed by atoms with Crippen molar-refractivity contribution in [2.45, 2.75) is 13.3 Å². The Bertz CT molecular complexity index is 460.